The van der Waals surface area contributed by atoms with E-state index in [-0.39, 0.29) is 23.9 Å². The van der Waals surface area contributed by atoms with Crippen molar-refractivity contribution in [1.29, 1.82) is 0 Å². The highest BCUT2D eigenvalue weighted by atomic mass is 35.5. The lowest BCUT2D eigenvalue weighted by Gasteiger charge is -2.25. The van der Waals surface area contributed by atoms with Gasteiger partial charge in [-0.25, -0.2) is 0 Å². The van der Waals surface area contributed by atoms with Crippen molar-refractivity contribution in [2.45, 2.75) is 32.9 Å². The fourth-order valence-corrected chi connectivity index (χ4v) is 2.89. The Morgan fingerprint density at radius 2 is 1.84 bits per heavy atom. The molecule has 4 nitrogen and oxygen atoms in total. The Kier molecular flexibility index (Phi) is 6.45. The third kappa shape index (κ3) is 4.53. The summed E-state index contributed by atoms with van der Waals surface area (Å²) in [5.41, 5.74) is 8.72. The molecular weight excluding hydrogens is 336 g/mol. The summed E-state index contributed by atoms with van der Waals surface area (Å²) in [5, 5.41) is 3.71. The molecule has 0 saturated carbocycles. The van der Waals surface area contributed by atoms with Gasteiger partial charge in [-0.05, 0) is 48.7 Å². The van der Waals surface area contributed by atoms with E-state index in [9.17, 15) is 4.79 Å². The van der Waals surface area contributed by atoms with Gasteiger partial charge in [0.1, 0.15) is 5.75 Å². The molecule has 0 radical (unpaired) electrons. The van der Waals surface area contributed by atoms with Crippen molar-refractivity contribution in [2.24, 2.45) is 11.7 Å². The second-order valence-corrected chi connectivity index (χ2v) is 6.74. The summed E-state index contributed by atoms with van der Waals surface area (Å²) in [6, 6.07) is 12.7. The predicted octanol–water partition coefficient (Wildman–Crippen LogP) is 3.85. The molecular formula is C20H25ClN2O2. The van der Waals surface area contributed by atoms with Crippen molar-refractivity contribution in [3.8, 4) is 5.75 Å². The van der Waals surface area contributed by atoms with Crippen molar-refractivity contribution in [3.05, 3.63) is 64.2 Å². The number of nitrogens with one attached hydrogen (secondary N) is 1. The van der Waals surface area contributed by atoms with Crippen LogP contribution in [0.2, 0.25) is 5.02 Å². The molecule has 2 rings (SSSR count). The second kappa shape index (κ2) is 8.37. The fourth-order valence-electron chi connectivity index (χ4n) is 2.64. The van der Waals surface area contributed by atoms with Crippen molar-refractivity contribution >= 4 is 17.5 Å². The minimum absolute atomic E-state index is 0.102. The van der Waals surface area contributed by atoms with E-state index in [0.29, 0.717) is 5.02 Å². The first-order chi connectivity index (χ1) is 11.8. The summed E-state index contributed by atoms with van der Waals surface area (Å²) in [7, 11) is 1.63. The maximum Gasteiger partial charge on any atom is 0.225 e. The zero-order chi connectivity index (χ0) is 18.6. The molecule has 0 spiro atoms. The van der Waals surface area contributed by atoms with Gasteiger partial charge in [-0.3, -0.25) is 4.79 Å². The first kappa shape index (κ1) is 19.3. The Balaban J connectivity index is 2.46. The lowest BCUT2D eigenvalue weighted by molar-refractivity contribution is -0.125. The molecule has 25 heavy (non-hydrogen) atoms. The number of hydrogen-bond acceptors (Lipinski definition) is 3. The molecule has 0 fully saturated rings. The molecule has 0 aliphatic heterocycles. The Morgan fingerprint density at radius 3 is 2.40 bits per heavy atom. The van der Waals surface area contributed by atoms with Crippen LogP contribution in [0.3, 0.4) is 0 Å². The van der Waals surface area contributed by atoms with Crippen LogP contribution in [0, 0.1) is 12.8 Å². The first-order valence-corrected chi connectivity index (χ1v) is 8.67. The van der Waals surface area contributed by atoms with Crippen LogP contribution in [0.25, 0.3) is 0 Å². The van der Waals surface area contributed by atoms with Gasteiger partial charge >= 0.3 is 0 Å². The van der Waals surface area contributed by atoms with E-state index in [1.54, 1.807) is 7.11 Å². The van der Waals surface area contributed by atoms with Gasteiger partial charge in [0.2, 0.25) is 5.91 Å². The van der Waals surface area contributed by atoms with Crippen molar-refractivity contribution < 1.29 is 9.53 Å². The average molecular weight is 361 g/mol. The quantitative estimate of drug-likeness (QED) is 0.822. The normalized spacial score (nSPS) is 14.5. The molecule has 3 N–H and O–H groups in total. The molecule has 0 bridgehead atoms. The first-order valence-electron chi connectivity index (χ1n) is 8.30. The number of carbonyl (C=O) groups excluding carboxylic acids is 1. The molecule has 2 aromatic carbocycles. The average Bonchev–Trinajstić information content (AvgIpc) is 2.59. The lowest BCUT2D eigenvalue weighted by atomic mass is 9.93. The van der Waals surface area contributed by atoms with Crippen LogP contribution in [-0.2, 0) is 4.79 Å². The van der Waals surface area contributed by atoms with Crippen LogP contribution in [0.15, 0.2) is 42.5 Å². The van der Waals surface area contributed by atoms with Crippen LogP contribution in [-0.4, -0.2) is 19.1 Å². The van der Waals surface area contributed by atoms with Crippen LogP contribution in [0.4, 0.5) is 0 Å². The molecule has 5 heteroatoms. The Bertz CT molecular complexity index is 746. The maximum absolute atomic E-state index is 12.6. The molecule has 134 valence electrons. The van der Waals surface area contributed by atoms with E-state index >= 15 is 0 Å². The minimum Gasteiger partial charge on any atom is -0.497 e. The van der Waals surface area contributed by atoms with Gasteiger partial charge in [0.25, 0.3) is 0 Å². The summed E-state index contributed by atoms with van der Waals surface area (Å²) < 4.78 is 5.28. The number of aryl methyl sites for hydroxylation is 1. The largest absolute Gasteiger partial charge is 0.497 e. The molecule has 2 aromatic rings. The monoisotopic (exact) mass is 360 g/mol. The van der Waals surface area contributed by atoms with Gasteiger partial charge in [-0.1, -0.05) is 42.8 Å². The van der Waals surface area contributed by atoms with Gasteiger partial charge in [-0.15, -0.1) is 0 Å². The number of benzene rings is 2. The van der Waals surface area contributed by atoms with Gasteiger partial charge in [0, 0.05) is 17.0 Å². The summed E-state index contributed by atoms with van der Waals surface area (Å²) in [5.74, 6) is 0.369. The number of ether oxygens (including phenoxy) is 1. The maximum atomic E-state index is 12.6. The molecule has 3 atom stereocenters. The molecule has 0 heterocycles. The molecule has 0 aliphatic carbocycles. The smallest absolute Gasteiger partial charge is 0.225 e. The van der Waals surface area contributed by atoms with E-state index in [2.05, 4.69) is 5.32 Å². The van der Waals surface area contributed by atoms with Gasteiger partial charge in [-0.2, -0.15) is 0 Å². The number of rotatable bonds is 6. The van der Waals surface area contributed by atoms with Crippen LogP contribution < -0.4 is 15.8 Å². The highest BCUT2D eigenvalue weighted by molar-refractivity contribution is 6.31. The summed E-state index contributed by atoms with van der Waals surface area (Å²) >= 11 is 6.40. The molecule has 0 saturated heterocycles. The van der Waals surface area contributed by atoms with Crippen molar-refractivity contribution in [1.82, 2.24) is 5.32 Å². The minimum atomic E-state index is -0.353. The summed E-state index contributed by atoms with van der Waals surface area (Å²) in [6.45, 7) is 5.64. The Hall–Kier alpha value is -2.04. The number of methoxy groups -OCH3 is 1. The van der Waals surface area contributed by atoms with Crippen molar-refractivity contribution in [3.63, 3.8) is 0 Å². The molecule has 0 aliphatic rings. The lowest BCUT2D eigenvalue weighted by Crippen LogP contribution is -2.40. The standard InChI is InChI=1S/C20H25ClN2O2/c1-12-11-15(25-4)9-10-16(12)19(17-7-5-6-8-18(17)21)23-20(24)13(2)14(3)22/h5-11,13-14,19H,22H2,1-4H3,(H,23,24). The number of carbonyl (C=O) groups is 1. The predicted molar refractivity (Wildman–Crippen MR) is 102 cm³/mol. The summed E-state index contributed by atoms with van der Waals surface area (Å²) in [4.78, 5) is 12.6. The topological polar surface area (TPSA) is 64.3 Å². The highest BCUT2D eigenvalue weighted by Crippen LogP contribution is 2.32. The van der Waals surface area contributed by atoms with Crippen LogP contribution in [0.1, 0.15) is 36.6 Å². The third-order valence-corrected chi connectivity index (χ3v) is 4.84. The van der Waals surface area contributed by atoms with Gasteiger partial charge in [0.15, 0.2) is 0 Å². The van der Waals surface area contributed by atoms with E-state index < -0.39 is 0 Å². The Morgan fingerprint density at radius 1 is 1.16 bits per heavy atom. The second-order valence-electron chi connectivity index (χ2n) is 6.33. The molecule has 3 unspecified atom stereocenters. The molecule has 0 aromatic heterocycles. The van der Waals surface area contributed by atoms with Gasteiger partial charge in [0.05, 0.1) is 13.2 Å². The fraction of sp³-hybridized carbons (Fsp3) is 0.350. The Labute approximate surface area is 154 Å². The zero-order valence-electron chi connectivity index (χ0n) is 15.0. The number of halogens is 1. The SMILES string of the molecule is COc1ccc(C(NC(=O)C(C)C(C)N)c2ccccc2Cl)c(C)c1. The highest BCUT2D eigenvalue weighted by Gasteiger charge is 2.25. The van der Waals surface area contributed by atoms with Gasteiger partial charge < -0.3 is 15.8 Å². The van der Waals surface area contributed by atoms with E-state index in [1.165, 1.54) is 0 Å². The number of hydrogen-bond donors (Lipinski definition) is 2. The van der Waals surface area contributed by atoms with Crippen LogP contribution in [0.5, 0.6) is 5.75 Å². The van der Waals surface area contributed by atoms with E-state index in [1.807, 2.05) is 63.2 Å². The van der Waals surface area contributed by atoms with E-state index in [0.717, 1.165) is 22.4 Å². The van der Waals surface area contributed by atoms with E-state index in [4.69, 9.17) is 22.1 Å². The summed E-state index contributed by atoms with van der Waals surface area (Å²) in [6.07, 6.45) is 0. The van der Waals surface area contributed by atoms with Crippen LogP contribution >= 0.6 is 11.6 Å². The zero-order valence-corrected chi connectivity index (χ0v) is 15.8. The molecule has 1 amide bonds. The number of nitrogens with two attached hydrogens (primary N) is 1. The van der Waals surface area contributed by atoms with Crippen molar-refractivity contribution in [2.75, 3.05) is 7.11 Å². The number of amides is 1. The third-order valence-electron chi connectivity index (χ3n) is 4.49.